The van der Waals surface area contributed by atoms with E-state index in [0.29, 0.717) is 32.8 Å². The highest BCUT2D eigenvalue weighted by atomic mass is 16.5. The minimum absolute atomic E-state index is 0.109. The van der Waals surface area contributed by atoms with E-state index in [1.54, 1.807) is 0 Å². The number of amides is 1. The molecular weight excluding hydrogens is 306 g/mol. The van der Waals surface area contributed by atoms with Crippen molar-refractivity contribution in [1.82, 2.24) is 0 Å². The normalized spacial score (nSPS) is 13.3. The van der Waals surface area contributed by atoms with E-state index in [0.717, 1.165) is 24.3 Å². The van der Waals surface area contributed by atoms with Crippen molar-refractivity contribution in [1.29, 1.82) is 0 Å². The number of hydrogen-bond acceptors (Lipinski definition) is 4. The smallest absolute Gasteiger partial charge is 0.256 e. The van der Waals surface area contributed by atoms with Crippen LogP contribution in [0.4, 0.5) is 5.69 Å². The maximum atomic E-state index is 12.6. The largest absolute Gasteiger partial charge is 0.491 e. The summed E-state index contributed by atoms with van der Waals surface area (Å²) in [5, 5.41) is 2.94. The Hall–Kier alpha value is -1.59. The van der Waals surface area contributed by atoms with Gasteiger partial charge in [0.1, 0.15) is 18.0 Å². The minimum Gasteiger partial charge on any atom is -0.491 e. The highest BCUT2D eigenvalue weighted by Crippen LogP contribution is 2.23. The van der Waals surface area contributed by atoms with Gasteiger partial charge in [-0.2, -0.15) is 0 Å². The standard InChI is InChI=1S/C19H31NO4/c1-5-8-13-19(4,24-7-3)18(21)20-16-9-11-17(12-10-16)23-15-14-22-6-2/h9-12H,5-8,13-15H2,1-4H3,(H,20,21)/t19-/m1/s1. The molecule has 24 heavy (non-hydrogen) atoms. The fourth-order valence-corrected chi connectivity index (χ4v) is 2.34. The van der Waals surface area contributed by atoms with Crippen LogP contribution in [0.15, 0.2) is 24.3 Å². The van der Waals surface area contributed by atoms with Gasteiger partial charge in [-0.25, -0.2) is 0 Å². The molecule has 0 unspecified atom stereocenters. The number of benzene rings is 1. The van der Waals surface area contributed by atoms with Crippen LogP contribution in [-0.2, 0) is 14.3 Å². The summed E-state index contributed by atoms with van der Waals surface area (Å²) in [5.41, 5.74) is -0.0585. The fourth-order valence-electron chi connectivity index (χ4n) is 2.34. The monoisotopic (exact) mass is 337 g/mol. The van der Waals surface area contributed by atoms with Crippen molar-refractivity contribution >= 4 is 11.6 Å². The van der Waals surface area contributed by atoms with E-state index in [9.17, 15) is 4.79 Å². The molecule has 5 heteroatoms. The number of ether oxygens (including phenoxy) is 3. The Morgan fingerprint density at radius 1 is 1.08 bits per heavy atom. The lowest BCUT2D eigenvalue weighted by Crippen LogP contribution is -2.42. The molecule has 1 rings (SSSR count). The van der Waals surface area contributed by atoms with Gasteiger partial charge in [0.05, 0.1) is 6.61 Å². The topological polar surface area (TPSA) is 56.8 Å². The summed E-state index contributed by atoms with van der Waals surface area (Å²) in [4.78, 5) is 12.6. The summed E-state index contributed by atoms with van der Waals surface area (Å²) >= 11 is 0. The molecule has 1 N–H and O–H groups in total. The molecule has 0 heterocycles. The van der Waals surface area contributed by atoms with E-state index in [1.807, 2.05) is 45.0 Å². The lowest BCUT2D eigenvalue weighted by Gasteiger charge is -2.28. The summed E-state index contributed by atoms with van der Waals surface area (Å²) < 4.78 is 16.5. The van der Waals surface area contributed by atoms with E-state index in [4.69, 9.17) is 14.2 Å². The lowest BCUT2D eigenvalue weighted by atomic mass is 9.97. The van der Waals surface area contributed by atoms with Crippen LogP contribution in [0.2, 0.25) is 0 Å². The Morgan fingerprint density at radius 3 is 2.38 bits per heavy atom. The maximum Gasteiger partial charge on any atom is 0.256 e. The van der Waals surface area contributed by atoms with Crippen LogP contribution in [0.5, 0.6) is 5.75 Å². The number of anilines is 1. The van der Waals surface area contributed by atoms with Gasteiger partial charge in [0.15, 0.2) is 0 Å². The number of carbonyl (C=O) groups excluding carboxylic acids is 1. The van der Waals surface area contributed by atoms with Crippen molar-refractivity contribution in [2.45, 2.75) is 52.6 Å². The lowest BCUT2D eigenvalue weighted by molar-refractivity contribution is -0.139. The molecule has 5 nitrogen and oxygen atoms in total. The van der Waals surface area contributed by atoms with E-state index < -0.39 is 5.60 Å². The molecule has 0 saturated carbocycles. The van der Waals surface area contributed by atoms with Gasteiger partial charge in [0.2, 0.25) is 0 Å². The maximum absolute atomic E-state index is 12.6. The average molecular weight is 337 g/mol. The molecule has 0 aromatic heterocycles. The van der Waals surface area contributed by atoms with Crippen molar-refractivity contribution in [3.05, 3.63) is 24.3 Å². The zero-order chi connectivity index (χ0) is 17.8. The predicted molar refractivity (Wildman–Crippen MR) is 96.6 cm³/mol. The van der Waals surface area contributed by atoms with Gasteiger partial charge in [-0.1, -0.05) is 19.8 Å². The molecule has 0 radical (unpaired) electrons. The van der Waals surface area contributed by atoms with Gasteiger partial charge < -0.3 is 19.5 Å². The molecule has 0 bridgehead atoms. The van der Waals surface area contributed by atoms with E-state index >= 15 is 0 Å². The molecule has 1 atom stereocenters. The highest BCUT2D eigenvalue weighted by molar-refractivity contribution is 5.97. The number of rotatable bonds is 12. The van der Waals surface area contributed by atoms with Crippen LogP contribution < -0.4 is 10.1 Å². The molecule has 0 fully saturated rings. The molecule has 0 aliphatic carbocycles. The molecule has 136 valence electrons. The third kappa shape index (κ3) is 6.89. The number of unbranched alkanes of at least 4 members (excludes halogenated alkanes) is 1. The summed E-state index contributed by atoms with van der Waals surface area (Å²) in [6, 6.07) is 7.34. The Bertz CT molecular complexity index is 475. The molecule has 0 saturated heterocycles. The first kappa shape index (κ1) is 20.5. The Kier molecular flexibility index (Phi) is 9.42. The first-order valence-corrected chi connectivity index (χ1v) is 8.81. The van der Waals surface area contributed by atoms with Crippen LogP contribution >= 0.6 is 0 Å². The van der Waals surface area contributed by atoms with Gasteiger partial charge in [0, 0.05) is 18.9 Å². The van der Waals surface area contributed by atoms with Gasteiger partial charge >= 0.3 is 0 Å². The molecule has 0 aliphatic rings. The Balaban J connectivity index is 2.58. The highest BCUT2D eigenvalue weighted by Gasteiger charge is 2.33. The van der Waals surface area contributed by atoms with Crippen molar-refractivity contribution in [3.8, 4) is 5.75 Å². The average Bonchev–Trinajstić information content (AvgIpc) is 2.58. The van der Waals surface area contributed by atoms with Crippen LogP contribution in [0, 0.1) is 0 Å². The zero-order valence-electron chi connectivity index (χ0n) is 15.4. The van der Waals surface area contributed by atoms with E-state index in [2.05, 4.69) is 12.2 Å². The molecule has 1 aromatic carbocycles. The van der Waals surface area contributed by atoms with Crippen LogP contribution in [0.25, 0.3) is 0 Å². The molecule has 1 aromatic rings. The van der Waals surface area contributed by atoms with Gasteiger partial charge in [-0.05, 0) is 51.5 Å². The van der Waals surface area contributed by atoms with Gasteiger partial charge in [0.25, 0.3) is 5.91 Å². The zero-order valence-corrected chi connectivity index (χ0v) is 15.4. The quantitative estimate of drug-likeness (QED) is 0.585. The first-order valence-electron chi connectivity index (χ1n) is 8.81. The van der Waals surface area contributed by atoms with Crippen LogP contribution in [-0.4, -0.2) is 37.9 Å². The molecule has 0 spiro atoms. The van der Waals surface area contributed by atoms with Crippen molar-refractivity contribution < 1.29 is 19.0 Å². The van der Waals surface area contributed by atoms with Crippen LogP contribution in [0.1, 0.15) is 47.0 Å². The second-order valence-corrected chi connectivity index (χ2v) is 5.79. The molecular formula is C19H31NO4. The second-order valence-electron chi connectivity index (χ2n) is 5.79. The SMILES string of the molecule is CCCC[C@@](C)(OCC)C(=O)Nc1ccc(OCCOCC)cc1. The number of carbonyl (C=O) groups is 1. The minimum atomic E-state index is -0.794. The molecule has 0 aliphatic heterocycles. The van der Waals surface area contributed by atoms with E-state index in [-0.39, 0.29) is 5.91 Å². The van der Waals surface area contributed by atoms with Crippen molar-refractivity contribution in [2.24, 2.45) is 0 Å². The summed E-state index contributed by atoms with van der Waals surface area (Å²) in [7, 11) is 0. The van der Waals surface area contributed by atoms with Crippen LogP contribution in [0.3, 0.4) is 0 Å². The fraction of sp³-hybridized carbons (Fsp3) is 0.632. The van der Waals surface area contributed by atoms with Gasteiger partial charge in [-0.3, -0.25) is 4.79 Å². The summed E-state index contributed by atoms with van der Waals surface area (Å²) in [5.74, 6) is 0.647. The first-order chi connectivity index (χ1) is 11.6. The second kappa shape index (κ2) is 11.0. The van der Waals surface area contributed by atoms with Gasteiger partial charge in [-0.15, -0.1) is 0 Å². The number of nitrogens with one attached hydrogen (secondary N) is 1. The summed E-state index contributed by atoms with van der Waals surface area (Å²) in [6.07, 6.45) is 2.70. The van der Waals surface area contributed by atoms with E-state index in [1.165, 1.54) is 0 Å². The Morgan fingerprint density at radius 2 is 1.79 bits per heavy atom. The predicted octanol–water partition coefficient (Wildman–Crippen LogP) is 4.03. The Labute approximate surface area is 145 Å². The van der Waals surface area contributed by atoms with Crippen molar-refractivity contribution in [3.63, 3.8) is 0 Å². The number of hydrogen-bond donors (Lipinski definition) is 1. The molecule has 1 amide bonds. The van der Waals surface area contributed by atoms with Crippen molar-refractivity contribution in [2.75, 3.05) is 31.7 Å². The summed E-state index contributed by atoms with van der Waals surface area (Å²) in [6.45, 7) is 10.1. The third-order valence-electron chi connectivity index (χ3n) is 3.76. The third-order valence-corrected chi connectivity index (χ3v) is 3.76.